The molecule has 20 heavy (non-hydrogen) atoms. The number of nitrogens with one attached hydrogen (secondary N) is 1. The Balaban J connectivity index is 1.86. The van der Waals surface area contributed by atoms with E-state index in [-0.39, 0.29) is 0 Å². The van der Waals surface area contributed by atoms with Gasteiger partial charge in [0.05, 0.1) is 13.3 Å². The van der Waals surface area contributed by atoms with E-state index in [9.17, 15) is 4.79 Å². The highest BCUT2D eigenvalue weighted by molar-refractivity contribution is 9.10. The number of hydrogen-bond acceptors (Lipinski definition) is 5. The molecule has 1 aromatic rings. The Bertz CT molecular complexity index is 478. The van der Waals surface area contributed by atoms with Crippen molar-refractivity contribution in [3.63, 3.8) is 0 Å². The highest BCUT2D eigenvalue weighted by atomic mass is 79.9. The number of anilines is 1. The monoisotopic (exact) mass is 344 g/mol. The predicted molar refractivity (Wildman–Crippen MR) is 77.1 cm³/mol. The van der Waals surface area contributed by atoms with Gasteiger partial charge in [0.25, 0.3) is 5.88 Å². The second kappa shape index (κ2) is 6.74. The lowest BCUT2D eigenvalue weighted by molar-refractivity contribution is 0.126. The molecule has 1 saturated heterocycles. The average Bonchev–Trinajstić information content (AvgIpc) is 2.46. The van der Waals surface area contributed by atoms with Crippen LogP contribution in [0.4, 0.5) is 10.6 Å². The third kappa shape index (κ3) is 3.72. The van der Waals surface area contributed by atoms with Crippen LogP contribution < -0.4 is 10.1 Å². The van der Waals surface area contributed by atoms with E-state index in [1.54, 1.807) is 13.3 Å². The molecule has 2 heterocycles. The number of aromatic nitrogens is 2. The van der Waals surface area contributed by atoms with Gasteiger partial charge in [0, 0.05) is 19.6 Å². The van der Waals surface area contributed by atoms with Crippen molar-refractivity contribution in [2.24, 2.45) is 5.92 Å². The molecule has 7 nitrogen and oxygen atoms in total. The van der Waals surface area contributed by atoms with Crippen LogP contribution in [0.5, 0.6) is 5.88 Å². The van der Waals surface area contributed by atoms with Crippen LogP contribution in [0.2, 0.25) is 0 Å². The van der Waals surface area contributed by atoms with E-state index >= 15 is 0 Å². The van der Waals surface area contributed by atoms with Crippen molar-refractivity contribution in [1.82, 2.24) is 14.9 Å². The number of halogens is 1. The van der Waals surface area contributed by atoms with Gasteiger partial charge in [-0.15, -0.1) is 0 Å². The first kappa shape index (κ1) is 14.8. The Kier molecular flexibility index (Phi) is 4.99. The first-order valence-electron chi connectivity index (χ1n) is 6.38. The Hall–Kier alpha value is -1.57. The maximum Gasteiger partial charge on any atom is 0.407 e. The smallest absolute Gasteiger partial charge is 0.407 e. The fraction of sp³-hybridized carbons (Fsp3) is 0.583. The van der Waals surface area contributed by atoms with Gasteiger partial charge in [-0.2, -0.15) is 0 Å². The summed E-state index contributed by atoms with van der Waals surface area (Å²) in [4.78, 5) is 20.7. The second-order valence-corrected chi connectivity index (χ2v) is 5.46. The van der Waals surface area contributed by atoms with E-state index in [4.69, 9.17) is 9.84 Å². The topological polar surface area (TPSA) is 87.6 Å². The molecule has 0 unspecified atom stereocenters. The largest absolute Gasteiger partial charge is 0.478 e. The maximum atomic E-state index is 10.8. The van der Waals surface area contributed by atoms with Gasteiger partial charge in [0.1, 0.15) is 4.60 Å². The van der Waals surface area contributed by atoms with Crippen LogP contribution >= 0.6 is 15.9 Å². The molecule has 1 fully saturated rings. The van der Waals surface area contributed by atoms with E-state index in [1.165, 1.54) is 4.90 Å². The van der Waals surface area contributed by atoms with Gasteiger partial charge in [-0.1, -0.05) is 0 Å². The molecule has 2 N–H and O–H groups in total. The van der Waals surface area contributed by atoms with Gasteiger partial charge in [0.2, 0.25) is 0 Å². The molecule has 110 valence electrons. The van der Waals surface area contributed by atoms with Crippen LogP contribution in [0.15, 0.2) is 10.8 Å². The fourth-order valence-corrected chi connectivity index (χ4v) is 2.45. The van der Waals surface area contributed by atoms with Crippen molar-refractivity contribution in [2.75, 3.05) is 32.1 Å². The van der Waals surface area contributed by atoms with Gasteiger partial charge in [-0.3, -0.25) is 0 Å². The molecule has 2 rings (SSSR count). The van der Waals surface area contributed by atoms with E-state index in [0.29, 0.717) is 35.3 Å². The SMILES string of the molecule is COc1nc(Br)cnc1NCC1CCN(C(=O)O)CC1. The number of rotatable bonds is 4. The molecule has 0 aliphatic carbocycles. The lowest BCUT2D eigenvalue weighted by atomic mass is 9.97. The minimum absolute atomic E-state index is 0.431. The number of methoxy groups -OCH3 is 1. The number of nitrogens with zero attached hydrogens (tertiary/aromatic N) is 3. The molecule has 1 aliphatic rings. The molecule has 0 bridgehead atoms. The molecule has 0 radical (unpaired) electrons. The van der Waals surface area contributed by atoms with Crippen LogP contribution in [0.3, 0.4) is 0 Å². The highest BCUT2D eigenvalue weighted by Crippen LogP contribution is 2.23. The number of amides is 1. The lowest BCUT2D eigenvalue weighted by Crippen LogP contribution is -2.39. The third-order valence-electron chi connectivity index (χ3n) is 3.35. The van der Waals surface area contributed by atoms with Gasteiger partial charge in [0.15, 0.2) is 5.82 Å². The zero-order valence-electron chi connectivity index (χ0n) is 11.2. The Morgan fingerprint density at radius 2 is 2.30 bits per heavy atom. The molecular weight excluding hydrogens is 328 g/mol. The Morgan fingerprint density at radius 1 is 1.60 bits per heavy atom. The Labute approximate surface area is 125 Å². The number of likely N-dealkylation sites (tertiary alicyclic amines) is 1. The maximum absolute atomic E-state index is 10.8. The molecule has 8 heteroatoms. The van der Waals surface area contributed by atoms with Gasteiger partial charge < -0.3 is 20.1 Å². The standard InChI is InChI=1S/C12H17BrN4O3/c1-20-11-10(15-7-9(13)16-11)14-6-8-2-4-17(5-3-8)12(18)19/h7-8H,2-6H2,1H3,(H,14,15)(H,18,19). The van der Waals surface area contributed by atoms with Crippen molar-refractivity contribution >= 4 is 27.8 Å². The summed E-state index contributed by atoms with van der Waals surface area (Å²) in [5, 5.41) is 12.1. The van der Waals surface area contributed by atoms with E-state index in [1.807, 2.05) is 0 Å². The minimum Gasteiger partial charge on any atom is -0.478 e. The molecule has 0 spiro atoms. The number of carbonyl (C=O) groups is 1. The van der Waals surface area contributed by atoms with Gasteiger partial charge in [-0.25, -0.2) is 14.8 Å². The van der Waals surface area contributed by atoms with Crippen molar-refractivity contribution in [1.29, 1.82) is 0 Å². The number of carboxylic acid groups (broad SMARTS) is 1. The zero-order chi connectivity index (χ0) is 14.5. The lowest BCUT2D eigenvalue weighted by Gasteiger charge is -2.30. The summed E-state index contributed by atoms with van der Waals surface area (Å²) in [5.41, 5.74) is 0. The normalized spacial score (nSPS) is 16.0. The molecular formula is C12H17BrN4O3. The van der Waals surface area contributed by atoms with Crippen LogP contribution in [0, 0.1) is 5.92 Å². The minimum atomic E-state index is -0.836. The van der Waals surface area contributed by atoms with Crippen molar-refractivity contribution in [3.8, 4) is 5.88 Å². The summed E-state index contributed by atoms with van der Waals surface area (Å²) >= 11 is 3.24. The van der Waals surface area contributed by atoms with Crippen LogP contribution in [-0.4, -0.2) is 52.8 Å². The van der Waals surface area contributed by atoms with Crippen molar-refractivity contribution in [2.45, 2.75) is 12.8 Å². The number of piperidine rings is 1. The molecule has 0 aromatic carbocycles. The van der Waals surface area contributed by atoms with E-state index < -0.39 is 6.09 Å². The van der Waals surface area contributed by atoms with Crippen molar-refractivity contribution < 1.29 is 14.6 Å². The molecule has 0 atom stereocenters. The average molecular weight is 345 g/mol. The van der Waals surface area contributed by atoms with Gasteiger partial charge in [-0.05, 0) is 34.7 Å². The fourth-order valence-electron chi connectivity index (χ4n) is 2.18. The van der Waals surface area contributed by atoms with Crippen molar-refractivity contribution in [3.05, 3.63) is 10.8 Å². The van der Waals surface area contributed by atoms with Crippen LogP contribution in [0.1, 0.15) is 12.8 Å². The van der Waals surface area contributed by atoms with Crippen LogP contribution in [0.25, 0.3) is 0 Å². The number of hydrogen-bond donors (Lipinski definition) is 2. The summed E-state index contributed by atoms with van der Waals surface area (Å²) in [6.45, 7) is 1.91. The first-order chi connectivity index (χ1) is 9.60. The Morgan fingerprint density at radius 3 is 2.90 bits per heavy atom. The highest BCUT2D eigenvalue weighted by Gasteiger charge is 2.22. The summed E-state index contributed by atoms with van der Waals surface area (Å²) < 4.78 is 5.78. The summed E-state index contributed by atoms with van der Waals surface area (Å²) in [5.74, 6) is 1.49. The summed E-state index contributed by atoms with van der Waals surface area (Å²) in [6, 6.07) is 0. The summed E-state index contributed by atoms with van der Waals surface area (Å²) in [7, 11) is 1.55. The molecule has 0 saturated carbocycles. The van der Waals surface area contributed by atoms with Gasteiger partial charge >= 0.3 is 6.09 Å². The zero-order valence-corrected chi connectivity index (χ0v) is 12.8. The van der Waals surface area contributed by atoms with E-state index in [2.05, 4.69) is 31.2 Å². The summed E-state index contributed by atoms with van der Waals surface area (Å²) in [6.07, 6.45) is 2.48. The second-order valence-electron chi connectivity index (χ2n) is 4.64. The molecule has 1 aliphatic heterocycles. The molecule has 1 amide bonds. The predicted octanol–water partition coefficient (Wildman–Crippen LogP) is 2.05. The third-order valence-corrected chi connectivity index (χ3v) is 3.73. The first-order valence-corrected chi connectivity index (χ1v) is 7.17. The molecule has 1 aromatic heterocycles. The number of ether oxygens (including phenoxy) is 1. The van der Waals surface area contributed by atoms with Crippen LogP contribution in [-0.2, 0) is 0 Å². The quantitative estimate of drug-likeness (QED) is 0.869. The van der Waals surface area contributed by atoms with E-state index in [0.717, 1.165) is 19.4 Å².